The Bertz CT molecular complexity index is 1690. The largest absolute Gasteiger partial charge is 0.462 e. The number of halogens is 3. The normalized spacial score (nSPS) is 17.0. The molecule has 2 aromatic heterocycles. The Morgan fingerprint density at radius 3 is 2.46 bits per heavy atom. The van der Waals surface area contributed by atoms with Crippen molar-refractivity contribution in [1.29, 1.82) is 0 Å². The maximum atomic E-state index is 13.9. The lowest BCUT2D eigenvalue weighted by molar-refractivity contribution is -0.141. The summed E-state index contributed by atoms with van der Waals surface area (Å²) in [6.07, 6.45) is 1.11. The summed E-state index contributed by atoms with van der Waals surface area (Å²) in [4.78, 5) is 40.0. The lowest BCUT2D eigenvalue weighted by Crippen LogP contribution is -2.29. The maximum Gasteiger partial charge on any atom is 0.434 e. The number of rotatable bonds is 11. The van der Waals surface area contributed by atoms with Crippen LogP contribution in [0.15, 0.2) is 35.4 Å². The number of carbonyl (C=O) groups excluding carboxylic acids is 2. The standard InChI is InChI=1S/C31H36F3N5O5S2/c1-4-44-28(41)22-16-35-29(38-27(22)31(32,33)34)39-17-23-25(26(39)18(2)3)37-30(45-23)36-24(40)15-20-9-11-21(12-10-20)46(42,43)14-13-19-7-5-6-8-19/h9-12,16,18-19,26H,4-8,13-15,17H2,1-3H3,(H,36,37,40)/t26-/m0/s1. The van der Waals surface area contributed by atoms with Crippen LogP contribution in [0.2, 0.25) is 0 Å². The van der Waals surface area contributed by atoms with Gasteiger partial charge in [0.05, 0.1) is 46.8 Å². The Kier molecular flexibility index (Phi) is 10.0. The van der Waals surface area contributed by atoms with Crippen LogP contribution in [0.25, 0.3) is 0 Å². The SMILES string of the molecule is CCOC(=O)c1cnc(N2Cc3sc(NC(=O)Cc4ccc(S(=O)(=O)CCC5CCCC5)cc4)nc3[C@@H]2C(C)C)nc1C(F)(F)F. The third-order valence-corrected chi connectivity index (χ3v) is 11.0. The molecule has 0 spiro atoms. The molecule has 1 fully saturated rings. The Morgan fingerprint density at radius 2 is 1.83 bits per heavy atom. The summed E-state index contributed by atoms with van der Waals surface area (Å²) in [6.45, 7) is 5.34. The smallest absolute Gasteiger partial charge is 0.434 e. The summed E-state index contributed by atoms with van der Waals surface area (Å²) >= 11 is 1.21. The van der Waals surface area contributed by atoms with E-state index in [2.05, 4.69) is 20.3 Å². The maximum absolute atomic E-state index is 13.9. The van der Waals surface area contributed by atoms with Crippen molar-refractivity contribution in [2.75, 3.05) is 22.6 Å². The number of fused-ring (bicyclic) bond motifs is 1. The number of thiazole rings is 1. The first-order valence-electron chi connectivity index (χ1n) is 15.3. The molecule has 2 aliphatic rings. The summed E-state index contributed by atoms with van der Waals surface area (Å²) < 4.78 is 71.9. The highest BCUT2D eigenvalue weighted by atomic mass is 32.2. The van der Waals surface area contributed by atoms with E-state index < -0.39 is 39.3 Å². The minimum Gasteiger partial charge on any atom is -0.462 e. The highest BCUT2D eigenvalue weighted by Crippen LogP contribution is 2.44. The molecule has 0 bridgehead atoms. The number of aromatic nitrogens is 3. The van der Waals surface area contributed by atoms with Crippen LogP contribution in [-0.2, 0) is 38.5 Å². The van der Waals surface area contributed by atoms with Gasteiger partial charge in [-0.15, -0.1) is 0 Å². The number of anilines is 2. The van der Waals surface area contributed by atoms with Gasteiger partial charge in [-0.1, -0.05) is 63.0 Å². The van der Waals surface area contributed by atoms with E-state index in [1.807, 2.05) is 13.8 Å². The molecule has 3 heterocycles. The Morgan fingerprint density at radius 1 is 1.13 bits per heavy atom. The number of hydrogen-bond acceptors (Lipinski definition) is 10. The Hall–Kier alpha value is -3.59. The minimum atomic E-state index is -4.91. The van der Waals surface area contributed by atoms with Crippen molar-refractivity contribution >= 4 is 44.1 Å². The summed E-state index contributed by atoms with van der Waals surface area (Å²) in [5, 5.41) is 3.14. The van der Waals surface area contributed by atoms with E-state index in [0.717, 1.165) is 36.8 Å². The van der Waals surface area contributed by atoms with Gasteiger partial charge in [0.25, 0.3) is 0 Å². The van der Waals surface area contributed by atoms with Crippen molar-refractivity contribution in [3.8, 4) is 0 Å². The molecule has 15 heteroatoms. The average molecular weight is 680 g/mol. The minimum absolute atomic E-state index is 0.00720. The van der Waals surface area contributed by atoms with Gasteiger partial charge in [-0.3, -0.25) is 4.79 Å². The van der Waals surface area contributed by atoms with Crippen molar-refractivity contribution in [3.63, 3.8) is 0 Å². The van der Waals surface area contributed by atoms with Gasteiger partial charge in [0.15, 0.2) is 20.7 Å². The number of alkyl halides is 3. The fourth-order valence-corrected chi connectivity index (χ4v) is 8.47. The molecule has 5 rings (SSSR count). The van der Waals surface area contributed by atoms with E-state index >= 15 is 0 Å². The lowest BCUT2D eigenvalue weighted by atomic mass is 10.0. The van der Waals surface area contributed by atoms with E-state index in [9.17, 15) is 31.2 Å². The molecule has 0 radical (unpaired) electrons. The lowest BCUT2D eigenvalue weighted by Gasteiger charge is -2.28. The molecule has 1 saturated carbocycles. The molecule has 1 aliphatic heterocycles. The monoisotopic (exact) mass is 679 g/mol. The Balaban J connectivity index is 1.25. The van der Waals surface area contributed by atoms with Crippen LogP contribution in [0.3, 0.4) is 0 Å². The van der Waals surface area contributed by atoms with Gasteiger partial charge in [0, 0.05) is 6.20 Å². The topological polar surface area (TPSA) is 131 Å². The number of amides is 1. The molecule has 0 saturated heterocycles. The van der Waals surface area contributed by atoms with Crippen LogP contribution in [0.5, 0.6) is 0 Å². The number of benzene rings is 1. The van der Waals surface area contributed by atoms with E-state index in [1.54, 1.807) is 17.0 Å². The van der Waals surface area contributed by atoms with Crippen LogP contribution in [-0.4, -0.2) is 47.6 Å². The summed E-state index contributed by atoms with van der Waals surface area (Å²) in [5.74, 6) is -1.20. The third-order valence-electron chi connectivity index (χ3n) is 8.25. The predicted octanol–water partition coefficient (Wildman–Crippen LogP) is 6.38. The summed E-state index contributed by atoms with van der Waals surface area (Å²) in [6, 6.07) is 5.88. The molecular weight excluding hydrogens is 643 g/mol. The number of hydrogen-bond donors (Lipinski definition) is 1. The van der Waals surface area contributed by atoms with E-state index in [-0.39, 0.29) is 48.0 Å². The fourth-order valence-electron chi connectivity index (χ4n) is 6.02. The molecule has 1 amide bonds. The zero-order valence-corrected chi connectivity index (χ0v) is 27.4. The van der Waals surface area contributed by atoms with E-state index in [1.165, 1.54) is 30.4 Å². The average Bonchev–Trinajstić information content (AvgIpc) is 3.72. The molecule has 0 unspecified atom stereocenters. The number of nitrogens with one attached hydrogen (secondary N) is 1. The second kappa shape index (κ2) is 13.6. The van der Waals surface area contributed by atoms with Gasteiger partial charge in [0.1, 0.15) is 5.56 Å². The van der Waals surface area contributed by atoms with Crippen LogP contribution >= 0.6 is 11.3 Å². The van der Waals surface area contributed by atoms with Gasteiger partial charge in [-0.2, -0.15) is 13.2 Å². The zero-order valence-electron chi connectivity index (χ0n) is 25.8. The first kappa shape index (κ1) is 33.8. The van der Waals surface area contributed by atoms with Crippen molar-refractivity contribution in [2.24, 2.45) is 11.8 Å². The molecule has 10 nitrogen and oxygen atoms in total. The van der Waals surface area contributed by atoms with Crippen molar-refractivity contribution in [1.82, 2.24) is 15.0 Å². The number of carbonyl (C=O) groups is 2. The van der Waals surface area contributed by atoms with Gasteiger partial charge >= 0.3 is 12.1 Å². The predicted molar refractivity (Wildman–Crippen MR) is 166 cm³/mol. The molecule has 1 atom stereocenters. The van der Waals surface area contributed by atoms with Gasteiger partial charge in [-0.05, 0) is 42.9 Å². The van der Waals surface area contributed by atoms with Crippen molar-refractivity contribution in [3.05, 3.63) is 57.9 Å². The summed E-state index contributed by atoms with van der Waals surface area (Å²) in [5.41, 5.74) is -0.878. The number of sulfone groups is 1. The molecule has 248 valence electrons. The molecule has 3 aromatic rings. The van der Waals surface area contributed by atoms with Gasteiger partial charge < -0.3 is 15.0 Å². The molecule has 1 aliphatic carbocycles. The van der Waals surface area contributed by atoms with Crippen molar-refractivity contribution < 1.29 is 35.9 Å². The number of nitrogens with zero attached hydrogens (tertiary/aromatic N) is 4. The molecule has 1 aromatic carbocycles. The van der Waals surface area contributed by atoms with Crippen LogP contribution in [0, 0.1) is 11.8 Å². The highest BCUT2D eigenvalue weighted by Gasteiger charge is 2.42. The zero-order chi connectivity index (χ0) is 33.2. The molecule has 1 N–H and O–H groups in total. The molecular formula is C31H36F3N5O5S2. The number of esters is 1. The van der Waals surface area contributed by atoms with Crippen molar-refractivity contribution in [2.45, 2.75) is 83.0 Å². The highest BCUT2D eigenvalue weighted by molar-refractivity contribution is 7.91. The van der Waals surface area contributed by atoms with Gasteiger partial charge in [0.2, 0.25) is 11.9 Å². The first-order chi connectivity index (χ1) is 21.8. The number of ether oxygens (including phenoxy) is 1. The van der Waals surface area contributed by atoms with Crippen LogP contribution in [0.1, 0.15) is 91.1 Å². The van der Waals surface area contributed by atoms with E-state index in [0.29, 0.717) is 28.7 Å². The first-order valence-corrected chi connectivity index (χ1v) is 17.7. The second-order valence-electron chi connectivity index (χ2n) is 11.9. The Labute approximate surface area is 269 Å². The molecule has 46 heavy (non-hydrogen) atoms. The fraction of sp³-hybridized carbons (Fsp3) is 0.516. The van der Waals surface area contributed by atoms with Crippen LogP contribution < -0.4 is 10.2 Å². The quantitative estimate of drug-likeness (QED) is 0.229. The summed E-state index contributed by atoms with van der Waals surface area (Å²) in [7, 11) is -3.39. The van der Waals surface area contributed by atoms with E-state index in [4.69, 9.17) is 4.74 Å². The van der Waals surface area contributed by atoms with Gasteiger partial charge in [-0.25, -0.2) is 28.2 Å². The second-order valence-corrected chi connectivity index (χ2v) is 15.1. The van der Waals surface area contributed by atoms with Crippen LogP contribution in [0.4, 0.5) is 24.3 Å². The third kappa shape index (κ3) is 7.51.